The first kappa shape index (κ1) is 34.7. The molecule has 0 saturated heterocycles. The molecule has 0 atom stereocenters. The molecule has 1 spiro atoms. The van der Waals surface area contributed by atoms with Gasteiger partial charge < -0.3 is 4.42 Å². The van der Waals surface area contributed by atoms with E-state index in [4.69, 9.17) is 14.4 Å². The minimum absolute atomic E-state index is 0.543. The summed E-state index contributed by atoms with van der Waals surface area (Å²) in [6, 6.07) is 78.8. The third kappa shape index (κ3) is 5.06. The highest BCUT2D eigenvalue weighted by Crippen LogP contribution is 2.61. The molecular formula is C59H36N2O. The van der Waals surface area contributed by atoms with E-state index in [1.165, 1.54) is 55.6 Å². The molecule has 0 bridgehead atoms. The van der Waals surface area contributed by atoms with Gasteiger partial charge in [0.2, 0.25) is 0 Å². The van der Waals surface area contributed by atoms with E-state index in [2.05, 4.69) is 200 Å². The molecule has 62 heavy (non-hydrogen) atoms. The van der Waals surface area contributed by atoms with Crippen LogP contribution in [0.25, 0.3) is 100 Å². The Morgan fingerprint density at radius 3 is 1.48 bits per heavy atom. The smallest absolute Gasteiger partial charge is 0.160 e. The Bertz CT molecular complexity index is 3530. The van der Waals surface area contributed by atoms with Crippen LogP contribution in [0, 0.1) is 0 Å². The number of hydrogen-bond acceptors (Lipinski definition) is 3. The van der Waals surface area contributed by atoms with Crippen molar-refractivity contribution in [2.75, 3.05) is 0 Å². The number of para-hydroxylation sites is 1. The first-order valence-corrected chi connectivity index (χ1v) is 21.2. The number of rotatable bonds is 4. The molecule has 0 amide bonds. The van der Waals surface area contributed by atoms with Crippen molar-refractivity contribution < 1.29 is 4.42 Å². The molecule has 0 N–H and O–H groups in total. The predicted octanol–water partition coefficient (Wildman–Crippen LogP) is 15.1. The lowest BCUT2D eigenvalue weighted by atomic mass is 9.66. The Kier molecular flexibility index (Phi) is 7.52. The Balaban J connectivity index is 1.04. The Labute approximate surface area is 359 Å². The number of furan rings is 1. The van der Waals surface area contributed by atoms with Gasteiger partial charge in [0.15, 0.2) is 5.82 Å². The van der Waals surface area contributed by atoms with Crippen molar-refractivity contribution in [2.45, 2.75) is 5.41 Å². The summed E-state index contributed by atoms with van der Waals surface area (Å²) < 4.78 is 6.38. The second-order valence-corrected chi connectivity index (χ2v) is 16.4. The summed E-state index contributed by atoms with van der Waals surface area (Å²) in [4.78, 5) is 10.7. The van der Waals surface area contributed by atoms with Gasteiger partial charge in [0.1, 0.15) is 11.2 Å². The fourth-order valence-corrected chi connectivity index (χ4v) is 10.4. The van der Waals surface area contributed by atoms with E-state index < -0.39 is 5.41 Å². The van der Waals surface area contributed by atoms with Gasteiger partial charge in [-0.15, -0.1) is 0 Å². The summed E-state index contributed by atoms with van der Waals surface area (Å²) in [5, 5.41) is 2.19. The summed E-state index contributed by atoms with van der Waals surface area (Å²) in [5.74, 6) is 0.668. The number of nitrogens with zero attached hydrogens (tertiary/aromatic N) is 2. The summed E-state index contributed by atoms with van der Waals surface area (Å²) in [6.07, 6.45) is 0. The van der Waals surface area contributed by atoms with Crippen LogP contribution < -0.4 is 0 Å². The van der Waals surface area contributed by atoms with Gasteiger partial charge >= 0.3 is 0 Å². The van der Waals surface area contributed by atoms with E-state index in [9.17, 15) is 0 Å². The topological polar surface area (TPSA) is 38.9 Å². The number of hydrogen-bond donors (Lipinski definition) is 0. The summed E-state index contributed by atoms with van der Waals surface area (Å²) in [7, 11) is 0. The van der Waals surface area contributed by atoms with Crippen LogP contribution in [0.15, 0.2) is 223 Å². The van der Waals surface area contributed by atoms with Crippen LogP contribution in [0.3, 0.4) is 0 Å². The molecule has 0 radical (unpaired) electrons. The average Bonchev–Trinajstić information content (AvgIpc) is 3.84. The van der Waals surface area contributed by atoms with Crippen molar-refractivity contribution in [3.05, 3.63) is 241 Å². The van der Waals surface area contributed by atoms with Crippen LogP contribution in [0.1, 0.15) is 22.3 Å². The van der Waals surface area contributed by atoms with E-state index in [0.29, 0.717) is 5.82 Å². The lowest BCUT2D eigenvalue weighted by molar-refractivity contribution is 0.669. The summed E-state index contributed by atoms with van der Waals surface area (Å²) in [5.41, 5.74) is 20.7. The molecule has 3 heteroatoms. The Morgan fingerprint density at radius 1 is 0.290 bits per heavy atom. The molecule has 0 unspecified atom stereocenters. The second kappa shape index (κ2) is 13.4. The van der Waals surface area contributed by atoms with Crippen molar-refractivity contribution in [3.63, 3.8) is 0 Å². The van der Waals surface area contributed by atoms with Gasteiger partial charge in [0.25, 0.3) is 0 Å². The zero-order valence-corrected chi connectivity index (χ0v) is 33.6. The van der Waals surface area contributed by atoms with Crippen LogP contribution in [0.5, 0.6) is 0 Å². The lowest BCUT2D eigenvalue weighted by Crippen LogP contribution is -2.29. The molecule has 13 rings (SSSR count). The average molecular weight is 789 g/mol. The van der Waals surface area contributed by atoms with Crippen LogP contribution in [-0.2, 0) is 5.41 Å². The molecule has 0 saturated carbocycles. The van der Waals surface area contributed by atoms with Gasteiger partial charge in [0, 0.05) is 27.5 Å². The van der Waals surface area contributed by atoms with E-state index in [1.807, 2.05) is 18.2 Å². The number of fused-ring (bicyclic) bond motifs is 15. The van der Waals surface area contributed by atoms with Crippen molar-refractivity contribution >= 4 is 21.9 Å². The third-order valence-electron chi connectivity index (χ3n) is 13.1. The van der Waals surface area contributed by atoms with Gasteiger partial charge in [0.05, 0.1) is 16.8 Å². The molecule has 288 valence electrons. The minimum atomic E-state index is -0.543. The quantitative estimate of drug-likeness (QED) is 0.178. The Morgan fingerprint density at radius 2 is 0.790 bits per heavy atom. The molecular weight excluding hydrogens is 753 g/mol. The molecule has 2 heterocycles. The van der Waals surface area contributed by atoms with E-state index in [1.54, 1.807) is 0 Å². The van der Waals surface area contributed by atoms with E-state index in [-0.39, 0.29) is 0 Å². The van der Waals surface area contributed by atoms with E-state index in [0.717, 1.165) is 61.1 Å². The van der Waals surface area contributed by atoms with Gasteiger partial charge in [-0.25, -0.2) is 9.97 Å². The van der Waals surface area contributed by atoms with E-state index >= 15 is 0 Å². The van der Waals surface area contributed by atoms with Gasteiger partial charge in [-0.05, 0) is 103 Å². The van der Waals surface area contributed by atoms with Crippen molar-refractivity contribution in [1.29, 1.82) is 0 Å². The molecule has 2 aliphatic carbocycles. The van der Waals surface area contributed by atoms with Crippen LogP contribution >= 0.6 is 0 Å². The molecule has 3 nitrogen and oxygen atoms in total. The standard InChI is InChI=1S/C59H36N2O/c1-2-15-37(16-3-1)38-17-14-18-41(33-38)58-60-54(36-55(61-58)40-29-31-48-47-24-9-13-28-56(47)62-57(48)35-40)39-30-32-53-49(34-39)46-23-8-12-27-52(46)59(53)50-25-10-6-21-44(50)42-19-4-5-20-43(42)45-22-7-11-26-51(45)59/h1-36H. The van der Waals surface area contributed by atoms with Gasteiger partial charge in [-0.2, -0.15) is 0 Å². The van der Waals surface area contributed by atoms with Crippen molar-refractivity contribution in [1.82, 2.24) is 9.97 Å². The SMILES string of the molecule is c1ccc(-c2cccc(-c3nc(-c4ccc5c(c4)-c4ccccc4C54c5ccccc5-c5ccccc5-c5ccccc54)cc(-c4ccc5c(c4)oc4ccccc45)n3)c2)cc1. The van der Waals surface area contributed by atoms with Gasteiger partial charge in [-0.1, -0.05) is 182 Å². The molecule has 0 fully saturated rings. The first-order valence-electron chi connectivity index (χ1n) is 21.2. The highest BCUT2D eigenvalue weighted by Gasteiger charge is 2.49. The zero-order chi connectivity index (χ0) is 40.8. The maximum atomic E-state index is 6.38. The molecule has 11 aromatic rings. The van der Waals surface area contributed by atoms with Crippen LogP contribution in [0.4, 0.5) is 0 Å². The molecule has 0 aliphatic heterocycles. The van der Waals surface area contributed by atoms with Crippen molar-refractivity contribution in [3.8, 4) is 78.4 Å². The molecule has 2 aliphatic rings. The zero-order valence-electron chi connectivity index (χ0n) is 33.6. The lowest BCUT2D eigenvalue weighted by Gasteiger charge is -2.35. The van der Waals surface area contributed by atoms with Crippen LogP contribution in [0.2, 0.25) is 0 Å². The second-order valence-electron chi connectivity index (χ2n) is 16.4. The first-order chi connectivity index (χ1) is 30.7. The highest BCUT2D eigenvalue weighted by molar-refractivity contribution is 6.06. The monoisotopic (exact) mass is 788 g/mol. The fourth-order valence-electron chi connectivity index (χ4n) is 10.4. The third-order valence-corrected chi connectivity index (χ3v) is 13.1. The van der Waals surface area contributed by atoms with Crippen LogP contribution in [-0.4, -0.2) is 9.97 Å². The molecule has 2 aromatic heterocycles. The molecule has 9 aromatic carbocycles. The largest absolute Gasteiger partial charge is 0.456 e. The van der Waals surface area contributed by atoms with Crippen molar-refractivity contribution in [2.24, 2.45) is 0 Å². The predicted molar refractivity (Wildman–Crippen MR) is 253 cm³/mol. The maximum Gasteiger partial charge on any atom is 0.160 e. The number of benzene rings is 9. The normalized spacial score (nSPS) is 13.0. The fraction of sp³-hybridized carbons (Fsp3) is 0.0169. The minimum Gasteiger partial charge on any atom is -0.456 e. The highest BCUT2D eigenvalue weighted by atomic mass is 16.3. The van der Waals surface area contributed by atoms with Gasteiger partial charge in [-0.3, -0.25) is 0 Å². The summed E-state index contributed by atoms with van der Waals surface area (Å²) >= 11 is 0. The maximum absolute atomic E-state index is 6.38. The number of aromatic nitrogens is 2. The summed E-state index contributed by atoms with van der Waals surface area (Å²) in [6.45, 7) is 0. The Hall–Kier alpha value is -8.14.